The molecule has 0 aliphatic carbocycles. The third-order valence-electron chi connectivity index (χ3n) is 5.75. The molecule has 228 valence electrons. The van der Waals surface area contributed by atoms with Gasteiger partial charge in [0.25, 0.3) is 0 Å². The second-order valence-electron chi connectivity index (χ2n) is 10.6. The lowest BCUT2D eigenvalue weighted by atomic mass is 10.0. The lowest BCUT2D eigenvalue weighted by Crippen LogP contribution is -2.55. The molecule has 0 aliphatic heterocycles. The molecule has 0 aliphatic rings. The predicted octanol–water partition coefficient (Wildman–Crippen LogP) is 1.74. The summed E-state index contributed by atoms with van der Waals surface area (Å²) in [6, 6.07) is 12.1. The van der Waals surface area contributed by atoms with E-state index in [4.69, 9.17) is 9.47 Å². The molecule has 2 aromatic carbocycles. The maximum atomic E-state index is 13.1. The standard InChI is InChI=1S/C30H40N4O8/c1-6-41-28(39)24(17-20-10-8-7-9-11-20)33-25(36)18-31-26(37)19(2)32-27(38)23(34-29(40)42-30(3,4)5)16-21-12-14-22(35)15-13-21/h7-15,19,23-24,35H,6,16-18H2,1-5H3,(H,31,37)(H,32,38)(H,33,36)(H,34,40)/t19-,23+,24+/m1/s1. The van der Waals surface area contributed by atoms with Gasteiger partial charge in [-0.1, -0.05) is 42.5 Å². The van der Waals surface area contributed by atoms with E-state index in [1.165, 1.54) is 19.1 Å². The second kappa shape index (κ2) is 16.0. The van der Waals surface area contributed by atoms with Gasteiger partial charge in [0.1, 0.15) is 29.5 Å². The number of ether oxygens (including phenoxy) is 2. The van der Waals surface area contributed by atoms with Crippen LogP contribution in [0.4, 0.5) is 4.79 Å². The van der Waals surface area contributed by atoms with Crippen LogP contribution in [0, 0.1) is 0 Å². The zero-order chi connectivity index (χ0) is 31.3. The molecule has 0 radical (unpaired) electrons. The number of alkyl carbamates (subject to hydrolysis) is 1. The van der Waals surface area contributed by atoms with Crippen LogP contribution < -0.4 is 21.3 Å². The maximum Gasteiger partial charge on any atom is 0.408 e. The summed E-state index contributed by atoms with van der Waals surface area (Å²) in [5.74, 6) is -2.49. The minimum atomic E-state index is -1.11. The van der Waals surface area contributed by atoms with E-state index in [2.05, 4.69) is 21.3 Å². The summed E-state index contributed by atoms with van der Waals surface area (Å²) in [4.78, 5) is 63.1. The number of nitrogens with one attached hydrogen (secondary N) is 4. The largest absolute Gasteiger partial charge is 0.508 e. The highest BCUT2D eigenvalue weighted by Gasteiger charge is 2.28. The van der Waals surface area contributed by atoms with Crippen molar-refractivity contribution in [2.45, 2.75) is 71.2 Å². The van der Waals surface area contributed by atoms with E-state index >= 15 is 0 Å². The summed E-state index contributed by atoms with van der Waals surface area (Å²) in [6.45, 7) is 7.82. The minimum Gasteiger partial charge on any atom is -0.508 e. The number of esters is 1. The number of carbonyl (C=O) groups excluding carboxylic acids is 5. The third kappa shape index (κ3) is 12.3. The minimum absolute atomic E-state index is 0.0443. The summed E-state index contributed by atoms with van der Waals surface area (Å²) in [5.41, 5.74) is 0.660. The van der Waals surface area contributed by atoms with Crippen molar-refractivity contribution >= 4 is 29.8 Å². The molecule has 12 nitrogen and oxygen atoms in total. The van der Waals surface area contributed by atoms with Crippen LogP contribution in [0.3, 0.4) is 0 Å². The van der Waals surface area contributed by atoms with Crippen LogP contribution in [0.5, 0.6) is 5.75 Å². The summed E-state index contributed by atoms with van der Waals surface area (Å²) in [7, 11) is 0. The molecule has 3 atom stereocenters. The molecular formula is C30H40N4O8. The van der Waals surface area contributed by atoms with Crippen molar-refractivity contribution in [1.29, 1.82) is 0 Å². The number of hydrogen-bond acceptors (Lipinski definition) is 8. The van der Waals surface area contributed by atoms with Gasteiger partial charge in [0.15, 0.2) is 0 Å². The molecule has 4 amide bonds. The first-order valence-corrected chi connectivity index (χ1v) is 13.6. The van der Waals surface area contributed by atoms with Crippen molar-refractivity contribution in [3.63, 3.8) is 0 Å². The lowest BCUT2D eigenvalue weighted by Gasteiger charge is -2.24. The fourth-order valence-corrected chi connectivity index (χ4v) is 3.76. The van der Waals surface area contributed by atoms with Gasteiger partial charge in [-0.2, -0.15) is 0 Å². The highest BCUT2D eigenvalue weighted by Crippen LogP contribution is 2.13. The zero-order valence-electron chi connectivity index (χ0n) is 24.6. The van der Waals surface area contributed by atoms with Crippen molar-refractivity contribution in [2.24, 2.45) is 0 Å². The van der Waals surface area contributed by atoms with E-state index in [9.17, 15) is 29.1 Å². The number of carbonyl (C=O) groups is 5. The molecule has 0 bridgehead atoms. The molecule has 0 fully saturated rings. The first-order chi connectivity index (χ1) is 19.8. The lowest BCUT2D eigenvalue weighted by molar-refractivity contribution is -0.147. The highest BCUT2D eigenvalue weighted by molar-refractivity contribution is 5.93. The smallest absolute Gasteiger partial charge is 0.408 e. The predicted molar refractivity (Wildman–Crippen MR) is 154 cm³/mol. The molecule has 0 saturated carbocycles. The Balaban J connectivity index is 1.98. The Morgan fingerprint density at radius 2 is 1.40 bits per heavy atom. The van der Waals surface area contributed by atoms with Gasteiger partial charge in [-0.3, -0.25) is 14.4 Å². The molecule has 5 N–H and O–H groups in total. The maximum absolute atomic E-state index is 13.1. The Bertz CT molecular complexity index is 1210. The monoisotopic (exact) mass is 584 g/mol. The number of aromatic hydroxyl groups is 1. The molecule has 2 aromatic rings. The third-order valence-corrected chi connectivity index (χ3v) is 5.75. The van der Waals surface area contributed by atoms with E-state index < -0.39 is 60.1 Å². The van der Waals surface area contributed by atoms with E-state index in [0.29, 0.717) is 5.56 Å². The van der Waals surface area contributed by atoms with Gasteiger partial charge in [-0.15, -0.1) is 0 Å². The number of phenolic OH excluding ortho intramolecular Hbond substituents is 1. The summed E-state index contributed by atoms with van der Waals surface area (Å²) in [5, 5.41) is 19.6. The Hall–Kier alpha value is -4.61. The van der Waals surface area contributed by atoms with E-state index in [0.717, 1.165) is 5.56 Å². The first-order valence-electron chi connectivity index (χ1n) is 13.6. The summed E-state index contributed by atoms with van der Waals surface area (Å²) < 4.78 is 10.3. The number of amides is 4. The average molecular weight is 585 g/mol. The van der Waals surface area contributed by atoms with Gasteiger partial charge < -0.3 is 35.8 Å². The molecule has 0 saturated heterocycles. The van der Waals surface area contributed by atoms with Gasteiger partial charge in [0.05, 0.1) is 13.2 Å². The van der Waals surface area contributed by atoms with E-state index in [1.807, 2.05) is 30.3 Å². The Morgan fingerprint density at radius 1 is 0.810 bits per heavy atom. The van der Waals surface area contributed by atoms with Crippen LogP contribution >= 0.6 is 0 Å². The molecule has 0 spiro atoms. The van der Waals surface area contributed by atoms with Crippen molar-refractivity contribution in [1.82, 2.24) is 21.3 Å². The van der Waals surface area contributed by atoms with Crippen molar-refractivity contribution < 1.29 is 38.6 Å². The van der Waals surface area contributed by atoms with Crippen LogP contribution in [0.15, 0.2) is 54.6 Å². The second-order valence-corrected chi connectivity index (χ2v) is 10.6. The highest BCUT2D eigenvalue weighted by atomic mass is 16.6. The van der Waals surface area contributed by atoms with Crippen LogP contribution in [-0.2, 0) is 41.5 Å². The molecule has 42 heavy (non-hydrogen) atoms. The van der Waals surface area contributed by atoms with Gasteiger partial charge in [-0.05, 0) is 57.9 Å². The van der Waals surface area contributed by atoms with Crippen LogP contribution in [-0.4, -0.2) is 71.8 Å². The van der Waals surface area contributed by atoms with Crippen molar-refractivity contribution in [2.75, 3.05) is 13.2 Å². The summed E-state index contributed by atoms with van der Waals surface area (Å²) in [6.07, 6.45) is -0.556. The van der Waals surface area contributed by atoms with Crippen molar-refractivity contribution in [3.05, 3.63) is 65.7 Å². The van der Waals surface area contributed by atoms with Gasteiger partial charge in [0.2, 0.25) is 17.7 Å². The molecule has 12 heteroatoms. The average Bonchev–Trinajstić information content (AvgIpc) is 2.91. The molecule has 0 heterocycles. The number of rotatable bonds is 13. The Morgan fingerprint density at radius 3 is 2.00 bits per heavy atom. The number of benzene rings is 2. The zero-order valence-corrected chi connectivity index (χ0v) is 24.6. The van der Waals surface area contributed by atoms with Crippen molar-refractivity contribution in [3.8, 4) is 5.75 Å². The topological polar surface area (TPSA) is 172 Å². The van der Waals surface area contributed by atoms with Gasteiger partial charge in [-0.25, -0.2) is 9.59 Å². The Kier molecular flexibility index (Phi) is 12.8. The van der Waals surface area contributed by atoms with Crippen LogP contribution in [0.2, 0.25) is 0 Å². The first kappa shape index (κ1) is 33.6. The van der Waals surface area contributed by atoms with E-state index in [1.54, 1.807) is 39.8 Å². The fourth-order valence-electron chi connectivity index (χ4n) is 3.76. The fraction of sp³-hybridized carbons (Fsp3) is 0.433. The van der Waals surface area contributed by atoms with Crippen LogP contribution in [0.25, 0.3) is 0 Å². The van der Waals surface area contributed by atoms with Crippen LogP contribution in [0.1, 0.15) is 45.7 Å². The van der Waals surface area contributed by atoms with Gasteiger partial charge >= 0.3 is 12.1 Å². The number of hydrogen-bond donors (Lipinski definition) is 5. The molecular weight excluding hydrogens is 544 g/mol. The quantitative estimate of drug-likeness (QED) is 0.222. The molecule has 2 rings (SSSR count). The normalized spacial score (nSPS) is 13.1. The molecule has 0 unspecified atom stereocenters. The SMILES string of the molecule is CCOC(=O)[C@H](Cc1ccccc1)NC(=O)CNC(=O)[C@@H](C)NC(=O)[C@H](Cc1ccc(O)cc1)NC(=O)OC(C)(C)C. The number of phenols is 1. The molecule has 0 aromatic heterocycles. The van der Waals surface area contributed by atoms with Gasteiger partial charge in [0, 0.05) is 12.8 Å². The van der Waals surface area contributed by atoms with E-state index in [-0.39, 0.29) is 25.2 Å². The Labute approximate surface area is 245 Å². The summed E-state index contributed by atoms with van der Waals surface area (Å²) >= 11 is 0.